The van der Waals surface area contributed by atoms with E-state index in [1.54, 1.807) is 6.92 Å². The van der Waals surface area contributed by atoms with E-state index in [0.29, 0.717) is 22.4 Å². The second kappa shape index (κ2) is 3.55. The van der Waals surface area contributed by atoms with Crippen LogP contribution in [0.2, 0.25) is 0 Å². The maximum Gasteiger partial charge on any atom is 0.277 e. The highest BCUT2D eigenvalue weighted by molar-refractivity contribution is 5.91. The lowest BCUT2D eigenvalue weighted by molar-refractivity contribution is 0.405. The van der Waals surface area contributed by atoms with Gasteiger partial charge in [-0.25, -0.2) is 5.10 Å². The predicted molar refractivity (Wildman–Crippen MR) is 62.6 cm³/mol. The lowest BCUT2D eigenvalue weighted by Crippen LogP contribution is -2.09. The van der Waals surface area contributed by atoms with Crippen LogP contribution in [0.5, 0.6) is 0 Å². The number of hydrogen-bond acceptors (Lipinski definition) is 4. The maximum absolute atomic E-state index is 11.6. The van der Waals surface area contributed by atoms with Crippen molar-refractivity contribution in [3.05, 3.63) is 46.4 Å². The Bertz CT molecular complexity index is 728. The SMILES string of the molecule is Cc1onc2c(-c3ccccc3)n[nH]c(=O)c12. The van der Waals surface area contributed by atoms with E-state index in [1.807, 2.05) is 30.3 Å². The van der Waals surface area contributed by atoms with Crippen molar-refractivity contribution in [2.75, 3.05) is 0 Å². The molecule has 0 bridgehead atoms. The van der Waals surface area contributed by atoms with Crippen LogP contribution < -0.4 is 5.56 Å². The average molecular weight is 227 g/mol. The summed E-state index contributed by atoms with van der Waals surface area (Å²) in [4.78, 5) is 11.6. The molecule has 84 valence electrons. The van der Waals surface area contributed by atoms with E-state index in [4.69, 9.17) is 4.52 Å². The fourth-order valence-corrected chi connectivity index (χ4v) is 1.81. The standard InChI is InChI=1S/C12H9N3O2/c1-7-9-11(15-17-7)10(13-14-12(9)16)8-5-3-2-4-6-8/h2-6H,1H3,(H,14,16). The first-order valence-corrected chi connectivity index (χ1v) is 5.17. The van der Waals surface area contributed by atoms with Crippen molar-refractivity contribution >= 4 is 10.9 Å². The molecule has 2 heterocycles. The highest BCUT2D eigenvalue weighted by atomic mass is 16.5. The molecule has 0 unspecified atom stereocenters. The van der Waals surface area contributed by atoms with Gasteiger partial charge in [0.1, 0.15) is 22.4 Å². The normalized spacial score (nSPS) is 10.9. The van der Waals surface area contributed by atoms with Crippen molar-refractivity contribution in [3.8, 4) is 11.3 Å². The molecule has 0 atom stereocenters. The molecule has 0 saturated heterocycles. The summed E-state index contributed by atoms with van der Waals surface area (Å²) in [7, 11) is 0. The molecule has 3 aromatic rings. The summed E-state index contributed by atoms with van der Waals surface area (Å²) in [6.45, 7) is 1.71. The molecule has 0 saturated carbocycles. The van der Waals surface area contributed by atoms with Crippen LogP contribution in [-0.4, -0.2) is 15.4 Å². The van der Waals surface area contributed by atoms with Crippen molar-refractivity contribution in [2.24, 2.45) is 0 Å². The summed E-state index contributed by atoms with van der Waals surface area (Å²) in [5.41, 5.74) is 1.73. The van der Waals surface area contributed by atoms with Crippen molar-refractivity contribution in [1.82, 2.24) is 15.4 Å². The van der Waals surface area contributed by atoms with Crippen LogP contribution in [0.4, 0.5) is 0 Å². The van der Waals surface area contributed by atoms with E-state index >= 15 is 0 Å². The number of H-pyrrole nitrogens is 1. The largest absolute Gasteiger partial charge is 0.360 e. The lowest BCUT2D eigenvalue weighted by Gasteiger charge is -1.99. The minimum atomic E-state index is -0.279. The summed E-state index contributed by atoms with van der Waals surface area (Å²) in [6.07, 6.45) is 0. The summed E-state index contributed by atoms with van der Waals surface area (Å²) in [5.74, 6) is 0.501. The first-order chi connectivity index (χ1) is 8.27. The number of fused-ring (bicyclic) bond motifs is 1. The molecule has 2 aromatic heterocycles. The maximum atomic E-state index is 11.6. The molecule has 17 heavy (non-hydrogen) atoms. The molecule has 5 nitrogen and oxygen atoms in total. The van der Waals surface area contributed by atoms with E-state index in [2.05, 4.69) is 15.4 Å². The smallest absolute Gasteiger partial charge is 0.277 e. The molecule has 0 aliphatic heterocycles. The second-order valence-electron chi connectivity index (χ2n) is 3.73. The second-order valence-corrected chi connectivity index (χ2v) is 3.73. The number of aromatic nitrogens is 3. The Kier molecular flexibility index (Phi) is 2.04. The Balaban J connectivity index is 2.40. The van der Waals surface area contributed by atoms with E-state index in [9.17, 15) is 4.79 Å². The van der Waals surface area contributed by atoms with E-state index < -0.39 is 0 Å². The van der Waals surface area contributed by atoms with Crippen molar-refractivity contribution < 1.29 is 4.52 Å². The summed E-state index contributed by atoms with van der Waals surface area (Å²) in [6, 6.07) is 9.54. The van der Waals surface area contributed by atoms with Gasteiger partial charge in [-0.2, -0.15) is 5.10 Å². The van der Waals surface area contributed by atoms with Gasteiger partial charge in [-0.15, -0.1) is 0 Å². The number of aryl methyl sites for hydroxylation is 1. The first kappa shape index (κ1) is 9.77. The van der Waals surface area contributed by atoms with Crippen LogP contribution >= 0.6 is 0 Å². The zero-order chi connectivity index (χ0) is 11.8. The van der Waals surface area contributed by atoms with Gasteiger partial charge in [0.2, 0.25) is 0 Å². The summed E-state index contributed by atoms with van der Waals surface area (Å²) >= 11 is 0. The number of aromatic amines is 1. The zero-order valence-electron chi connectivity index (χ0n) is 9.10. The number of nitrogens with one attached hydrogen (secondary N) is 1. The number of rotatable bonds is 1. The molecule has 1 N–H and O–H groups in total. The van der Waals surface area contributed by atoms with E-state index in [0.717, 1.165) is 5.56 Å². The average Bonchev–Trinajstić information content (AvgIpc) is 2.74. The minimum Gasteiger partial charge on any atom is -0.360 e. The number of nitrogens with zero attached hydrogens (tertiary/aromatic N) is 2. The molecule has 3 rings (SSSR count). The van der Waals surface area contributed by atoms with E-state index in [1.165, 1.54) is 0 Å². The van der Waals surface area contributed by atoms with Gasteiger partial charge in [0.15, 0.2) is 0 Å². The third-order valence-corrected chi connectivity index (χ3v) is 2.63. The summed E-state index contributed by atoms with van der Waals surface area (Å²) in [5, 5.41) is 10.8. The molecule has 0 aliphatic carbocycles. The Labute approximate surface area is 96.1 Å². The number of benzene rings is 1. The number of hydrogen-bond donors (Lipinski definition) is 1. The Morgan fingerprint density at radius 2 is 2.00 bits per heavy atom. The monoisotopic (exact) mass is 227 g/mol. The third-order valence-electron chi connectivity index (χ3n) is 2.63. The zero-order valence-corrected chi connectivity index (χ0v) is 9.10. The Morgan fingerprint density at radius 3 is 2.76 bits per heavy atom. The molecule has 0 radical (unpaired) electrons. The molecule has 0 amide bonds. The van der Waals surface area contributed by atoms with Crippen LogP contribution in [-0.2, 0) is 0 Å². The summed E-state index contributed by atoms with van der Waals surface area (Å²) < 4.78 is 5.05. The van der Waals surface area contributed by atoms with Gasteiger partial charge in [0.05, 0.1) is 0 Å². The minimum absolute atomic E-state index is 0.279. The van der Waals surface area contributed by atoms with Crippen LogP contribution in [0.25, 0.3) is 22.2 Å². The highest BCUT2D eigenvalue weighted by Gasteiger charge is 2.15. The van der Waals surface area contributed by atoms with Crippen molar-refractivity contribution in [1.29, 1.82) is 0 Å². The van der Waals surface area contributed by atoms with Gasteiger partial charge in [-0.1, -0.05) is 35.5 Å². The van der Waals surface area contributed by atoms with Gasteiger partial charge < -0.3 is 4.52 Å². The first-order valence-electron chi connectivity index (χ1n) is 5.17. The van der Waals surface area contributed by atoms with Crippen LogP contribution in [0.3, 0.4) is 0 Å². The van der Waals surface area contributed by atoms with Crippen LogP contribution in [0, 0.1) is 6.92 Å². The van der Waals surface area contributed by atoms with Gasteiger partial charge in [0.25, 0.3) is 5.56 Å². The molecule has 0 fully saturated rings. The quantitative estimate of drug-likeness (QED) is 0.689. The third kappa shape index (κ3) is 1.44. The molecule has 0 aliphatic rings. The van der Waals surface area contributed by atoms with E-state index in [-0.39, 0.29) is 5.56 Å². The van der Waals surface area contributed by atoms with Gasteiger partial charge in [-0.3, -0.25) is 4.79 Å². The van der Waals surface area contributed by atoms with Gasteiger partial charge >= 0.3 is 0 Å². The molecule has 1 aromatic carbocycles. The molecular weight excluding hydrogens is 218 g/mol. The molecule has 0 spiro atoms. The Morgan fingerprint density at radius 1 is 1.24 bits per heavy atom. The Hall–Kier alpha value is -2.43. The van der Waals surface area contributed by atoms with Crippen molar-refractivity contribution in [2.45, 2.75) is 6.92 Å². The lowest BCUT2D eigenvalue weighted by atomic mass is 10.1. The van der Waals surface area contributed by atoms with Crippen LogP contribution in [0.15, 0.2) is 39.6 Å². The fraction of sp³-hybridized carbons (Fsp3) is 0.0833. The van der Waals surface area contributed by atoms with Gasteiger partial charge in [0, 0.05) is 5.56 Å². The van der Waals surface area contributed by atoms with Crippen molar-refractivity contribution in [3.63, 3.8) is 0 Å². The fourth-order valence-electron chi connectivity index (χ4n) is 1.81. The molecule has 5 heteroatoms. The van der Waals surface area contributed by atoms with Crippen LogP contribution in [0.1, 0.15) is 5.76 Å². The molecular formula is C12H9N3O2. The van der Waals surface area contributed by atoms with Gasteiger partial charge in [-0.05, 0) is 6.92 Å². The highest BCUT2D eigenvalue weighted by Crippen LogP contribution is 2.24. The topological polar surface area (TPSA) is 71.8 Å². The predicted octanol–water partition coefficient (Wildman–Crippen LogP) is 1.89.